The second-order valence-electron chi connectivity index (χ2n) is 2.79. The fourth-order valence-corrected chi connectivity index (χ4v) is 1.10. The minimum Gasteiger partial charge on any atom is -0.395 e. The van der Waals surface area contributed by atoms with E-state index in [4.69, 9.17) is 10.4 Å². The van der Waals surface area contributed by atoms with E-state index in [-0.39, 0.29) is 12.2 Å². The van der Waals surface area contributed by atoms with Crippen molar-refractivity contribution in [3.8, 4) is 6.07 Å². The van der Waals surface area contributed by atoms with Crippen molar-refractivity contribution in [3.05, 3.63) is 35.1 Å². The number of hydrogen-bond donors (Lipinski definition) is 2. The van der Waals surface area contributed by atoms with Crippen LogP contribution in [0.15, 0.2) is 18.2 Å². The molecule has 0 saturated heterocycles. The van der Waals surface area contributed by atoms with Crippen LogP contribution < -0.4 is 5.32 Å². The van der Waals surface area contributed by atoms with Gasteiger partial charge in [0.05, 0.1) is 12.2 Å². The molecule has 0 spiro atoms. The minimum absolute atomic E-state index is 0.0135. The van der Waals surface area contributed by atoms with Crippen LogP contribution >= 0.6 is 0 Å². The van der Waals surface area contributed by atoms with Crippen molar-refractivity contribution in [2.24, 2.45) is 0 Å². The lowest BCUT2D eigenvalue weighted by atomic mass is 10.1. The summed E-state index contributed by atoms with van der Waals surface area (Å²) in [5.41, 5.74) is 0.491. The summed E-state index contributed by atoms with van der Waals surface area (Å²) >= 11 is 0. The van der Waals surface area contributed by atoms with Crippen LogP contribution in [0.1, 0.15) is 11.1 Å². The summed E-state index contributed by atoms with van der Waals surface area (Å²) < 4.78 is 13.4. The Morgan fingerprint density at radius 1 is 1.50 bits per heavy atom. The van der Waals surface area contributed by atoms with Gasteiger partial charge in [-0.1, -0.05) is 12.1 Å². The standard InChI is InChI=1S/C10H11FN2O/c11-10-8(6-12)2-1-3-9(10)7-13-4-5-14/h1-3,13-14H,4-5,7H2. The van der Waals surface area contributed by atoms with Gasteiger partial charge in [0.15, 0.2) is 0 Å². The second kappa shape index (κ2) is 5.32. The van der Waals surface area contributed by atoms with Gasteiger partial charge in [0.2, 0.25) is 0 Å². The summed E-state index contributed by atoms with van der Waals surface area (Å²) in [4.78, 5) is 0. The smallest absolute Gasteiger partial charge is 0.145 e. The quantitative estimate of drug-likeness (QED) is 0.696. The molecule has 2 N–H and O–H groups in total. The van der Waals surface area contributed by atoms with Crippen LogP contribution in [0.25, 0.3) is 0 Å². The zero-order valence-electron chi connectivity index (χ0n) is 7.63. The summed E-state index contributed by atoms with van der Waals surface area (Å²) in [7, 11) is 0. The molecule has 0 aliphatic carbocycles. The Hall–Kier alpha value is -1.44. The second-order valence-corrected chi connectivity index (χ2v) is 2.79. The third-order valence-corrected chi connectivity index (χ3v) is 1.80. The highest BCUT2D eigenvalue weighted by atomic mass is 19.1. The van der Waals surface area contributed by atoms with E-state index < -0.39 is 5.82 Å². The molecule has 0 heterocycles. The van der Waals surface area contributed by atoms with E-state index in [1.807, 2.05) is 0 Å². The lowest BCUT2D eigenvalue weighted by Crippen LogP contribution is -2.18. The lowest BCUT2D eigenvalue weighted by molar-refractivity contribution is 0.291. The minimum atomic E-state index is -0.486. The highest BCUT2D eigenvalue weighted by Gasteiger charge is 2.05. The normalized spacial score (nSPS) is 9.79. The molecule has 0 saturated carbocycles. The van der Waals surface area contributed by atoms with Crippen LogP contribution in [0, 0.1) is 17.1 Å². The first-order valence-electron chi connectivity index (χ1n) is 4.28. The number of hydrogen-bond acceptors (Lipinski definition) is 3. The monoisotopic (exact) mass is 194 g/mol. The Labute approximate surface area is 81.8 Å². The molecule has 4 heteroatoms. The summed E-state index contributed by atoms with van der Waals surface area (Å²) in [5.74, 6) is -0.486. The molecule has 14 heavy (non-hydrogen) atoms. The van der Waals surface area contributed by atoms with Crippen molar-refractivity contribution < 1.29 is 9.50 Å². The van der Waals surface area contributed by atoms with Crippen molar-refractivity contribution in [3.63, 3.8) is 0 Å². The maximum absolute atomic E-state index is 13.4. The molecular weight excluding hydrogens is 183 g/mol. The van der Waals surface area contributed by atoms with Crippen LogP contribution in [-0.4, -0.2) is 18.3 Å². The van der Waals surface area contributed by atoms with Gasteiger partial charge in [-0.2, -0.15) is 5.26 Å². The predicted molar refractivity (Wildman–Crippen MR) is 49.9 cm³/mol. The van der Waals surface area contributed by atoms with Crippen LogP contribution in [0.3, 0.4) is 0 Å². The van der Waals surface area contributed by atoms with E-state index >= 15 is 0 Å². The molecule has 0 fully saturated rings. The number of nitrogens with one attached hydrogen (secondary N) is 1. The van der Waals surface area contributed by atoms with Crippen LogP contribution in [0.4, 0.5) is 4.39 Å². The predicted octanol–water partition coefficient (Wildman–Crippen LogP) is 0.779. The number of nitriles is 1. The van der Waals surface area contributed by atoms with Gasteiger partial charge in [-0.05, 0) is 6.07 Å². The Kier molecular flexibility index (Phi) is 4.05. The average Bonchev–Trinajstić information content (AvgIpc) is 2.21. The maximum Gasteiger partial charge on any atom is 0.145 e. The van der Waals surface area contributed by atoms with Crippen LogP contribution in [0.2, 0.25) is 0 Å². The molecule has 0 aromatic heterocycles. The molecule has 0 amide bonds. The van der Waals surface area contributed by atoms with Gasteiger partial charge < -0.3 is 10.4 Å². The molecule has 1 aromatic rings. The van der Waals surface area contributed by atoms with Crippen molar-refractivity contribution in [1.82, 2.24) is 5.32 Å². The van der Waals surface area contributed by atoms with Crippen LogP contribution in [-0.2, 0) is 6.54 Å². The molecule has 1 aromatic carbocycles. The molecule has 3 nitrogen and oxygen atoms in total. The first-order valence-corrected chi connectivity index (χ1v) is 4.28. The zero-order chi connectivity index (χ0) is 10.4. The van der Waals surface area contributed by atoms with Crippen molar-refractivity contribution in [1.29, 1.82) is 5.26 Å². The van der Waals surface area contributed by atoms with Crippen molar-refractivity contribution in [2.45, 2.75) is 6.54 Å². The fourth-order valence-electron chi connectivity index (χ4n) is 1.10. The van der Waals surface area contributed by atoms with Crippen molar-refractivity contribution in [2.75, 3.05) is 13.2 Å². The maximum atomic E-state index is 13.4. The molecule has 0 aliphatic rings. The van der Waals surface area contributed by atoms with Crippen LogP contribution in [0.5, 0.6) is 0 Å². The molecule has 0 bridgehead atoms. The van der Waals surface area contributed by atoms with E-state index in [0.29, 0.717) is 18.7 Å². The van der Waals surface area contributed by atoms with E-state index in [1.165, 1.54) is 6.07 Å². The number of aliphatic hydroxyl groups is 1. The number of rotatable bonds is 4. The van der Waals surface area contributed by atoms with Crippen molar-refractivity contribution >= 4 is 0 Å². The first kappa shape index (κ1) is 10.6. The number of aliphatic hydroxyl groups excluding tert-OH is 1. The Morgan fingerprint density at radius 2 is 2.29 bits per heavy atom. The van der Waals surface area contributed by atoms with Gasteiger partial charge in [0.25, 0.3) is 0 Å². The molecule has 0 aliphatic heterocycles. The highest BCUT2D eigenvalue weighted by molar-refractivity contribution is 5.34. The Balaban J connectivity index is 2.73. The average molecular weight is 194 g/mol. The highest BCUT2D eigenvalue weighted by Crippen LogP contribution is 2.11. The molecular formula is C10H11FN2O. The third kappa shape index (κ3) is 2.52. The van der Waals surface area contributed by atoms with Gasteiger partial charge in [0, 0.05) is 18.7 Å². The first-order chi connectivity index (χ1) is 6.79. The summed E-state index contributed by atoms with van der Waals surface area (Å²) in [5, 5.41) is 19.9. The van der Waals surface area contributed by atoms with E-state index in [9.17, 15) is 4.39 Å². The summed E-state index contributed by atoms with van der Waals surface area (Å²) in [6, 6.07) is 6.46. The van der Waals surface area contributed by atoms with Gasteiger partial charge in [-0.25, -0.2) is 4.39 Å². The largest absolute Gasteiger partial charge is 0.395 e. The SMILES string of the molecule is N#Cc1cccc(CNCCO)c1F. The molecule has 1 rings (SSSR count). The summed E-state index contributed by atoms with van der Waals surface area (Å²) in [6.45, 7) is 0.748. The third-order valence-electron chi connectivity index (χ3n) is 1.80. The molecule has 74 valence electrons. The van der Waals surface area contributed by atoms with Gasteiger partial charge in [-0.15, -0.1) is 0 Å². The van der Waals surface area contributed by atoms with E-state index in [1.54, 1.807) is 18.2 Å². The fraction of sp³-hybridized carbons (Fsp3) is 0.300. The molecule has 0 radical (unpaired) electrons. The number of halogens is 1. The number of nitrogens with zero attached hydrogens (tertiary/aromatic N) is 1. The Morgan fingerprint density at radius 3 is 2.93 bits per heavy atom. The molecule has 0 unspecified atom stereocenters. The zero-order valence-corrected chi connectivity index (χ0v) is 7.63. The Bertz CT molecular complexity index is 346. The van der Waals surface area contributed by atoms with Gasteiger partial charge >= 0.3 is 0 Å². The van der Waals surface area contributed by atoms with E-state index in [2.05, 4.69) is 5.32 Å². The van der Waals surface area contributed by atoms with E-state index in [0.717, 1.165) is 0 Å². The lowest BCUT2D eigenvalue weighted by Gasteiger charge is -2.04. The van der Waals surface area contributed by atoms with Gasteiger partial charge in [0.1, 0.15) is 11.9 Å². The topological polar surface area (TPSA) is 56.0 Å². The summed E-state index contributed by atoms with van der Waals surface area (Å²) in [6.07, 6.45) is 0. The molecule has 0 atom stereocenters. The number of benzene rings is 1. The van der Waals surface area contributed by atoms with Gasteiger partial charge in [-0.3, -0.25) is 0 Å².